The smallest absolute Gasteiger partial charge is 0.291 e. The van der Waals surface area contributed by atoms with Crippen LogP contribution in [0.4, 0.5) is 5.69 Å². The molecular weight excluding hydrogens is 348 g/mol. The normalized spacial score (nSPS) is 16.6. The van der Waals surface area contributed by atoms with Gasteiger partial charge in [-0.3, -0.25) is 9.59 Å². The van der Waals surface area contributed by atoms with Gasteiger partial charge in [0, 0.05) is 17.8 Å². The molecule has 5 nitrogen and oxygen atoms in total. The summed E-state index contributed by atoms with van der Waals surface area (Å²) in [6.07, 6.45) is 3.44. The molecule has 0 saturated carbocycles. The summed E-state index contributed by atoms with van der Waals surface area (Å²) >= 11 is 1.65. The monoisotopic (exact) mass is 366 g/mol. The van der Waals surface area contributed by atoms with Crippen LogP contribution in [0.3, 0.4) is 0 Å². The molecule has 4 rings (SSSR count). The first-order valence-electron chi connectivity index (χ1n) is 8.50. The van der Waals surface area contributed by atoms with Gasteiger partial charge in [-0.15, -0.1) is 0 Å². The van der Waals surface area contributed by atoms with Crippen molar-refractivity contribution in [3.8, 4) is 0 Å². The van der Waals surface area contributed by atoms with Gasteiger partial charge in [-0.25, -0.2) is 0 Å². The molecule has 2 aromatic heterocycles. The molecule has 0 bridgehead atoms. The highest BCUT2D eigenvalue weighted by Crippen LogP contribution is 2.34. The Morgan fingerprint density at radius 2 is 2.12 bits per heavy atom. The zero-order valence-corrected chi connectivity index (χ0v) is 14.9. The first-order chi connectivity index (χ1) is 12.7. The van der Waals surface area contributed by atoms with Gasteiger partial charge >= 0.3 is 0 Å². The summed E-state index contributed by atoms with van der Waals surface area (Å²) < 4.78 is 5.10. The van der Waals surface area contributed by atoms with E-state index in [4.69, 9.17) is 4.42 Å². The Morgan fingerprint density at radius 1 is 1.19 bits per heavy atom. The van der Waals surface area contributed by atoms with E-state index in [1.165, 1.54) is 11.8 Å². The Labute approximate surface area is 155 Å². The topological polar surface area (TPSA) is 62.6 Å². The van der Waals surface area contributed by atoms with E-state index in [1.54, 1.807) is 47.7 Å². The standard InChI is InChI=1S/C20H18N2O3S/c23-19(18-7-3-10-25-18)21-16-5-1-4-14(12-16)20(24)22-9-2-6-17(22)15-8-11-26-13-15/h1,3-5,7-8,10-13,17H,2,6,9H2,(H,21,23)/t17-/m1/s1. The molecule has 6 heteroatoms. The summed E-state index contributed by atoms with van der Waals surface area (Å²) in [5.74, 6) is -0.108. The Morgan fingerprint density at radius 3 is 2.88 bits per heavy atom. The van der Waals surface area contributed by atoms with Crippen LogP contribution in [0.2, 0.25) is 0 Å². The maximum Gasteiger partial charge on any atom is 0.291 e. The molecule has 1 aliphatic rings. The lowest BCUT2D eigenvalue weighted by molar-refractivity contribution is 0.0735. The molecule has 3 heterocycles. The highest BCUT2D eigenvalue weighted by atomic mass is 32.1. The van der Waals surface area contributed by atoms with E-state index in [0.29, 0.717) is 11.3 Å². The molecule has 26 heavy (non-hydrogen) atoms. The average Bonchev–Trinajstić information content (AvgIpc) is 3.43. The van der Waals surface area contributed by atoms with Gasteiger partial charge in [0.15, 0.2) is 5.76 Å². The van der Waals surface area contributed by atoms with Crippen molar-refractivity contribution in [1.29, 1.82) is 0 Å². The maximum absolute atomic E-state index is 13.0. The minimum absolute atomic E-state index is 0.00667. The van der Waals surface area contributed by atoms with Crippen LogP contribution in [0.25, 0.3) is 0 Å². The van der Waals surface area contributed by atoms with Crippen molar-refractivity contribution in [3.63, 3.8) is 0 Å². The van der Waals surface area contributed by atoms with E-state index in [9.17, 15) is 9.59 Å². The van der Waals surface area contributed by atoms with Crippen LogP contribution < -0.4 is 5.32 Å². The highest BCUT2D eigenvalue weighted by Gasteiger charge is 2.30. The summed E-state index contributed by atoms with van der Waals surface area (Å²) in [6, 6.07) is 12.5. The molecular formula is C20H18N2O3S. The molecule has 1 fully saturated rings. The predicted octanol–water partition coefficient (Wildman–Crippen LogP) is 4.57. The third-order valence-electron chi connectivity index (χ3n) is 4.55. The fourth-order valence-electron chi connectivity index (χ4n) is 3.32. The van der Waals surface area contributed by atoms with E-state index >= 15 is 0 Å². The Hall–Kier alpha value is -2.86. The zero-order valence-electron chi connectivity index (χ0n) is 14.1. The molecule has 1 aliphatic heterocycles. The molecule has 0 aliphatic carbocycles. The van der Waals surface area contributed by atoms with Crippen molar-refractivity contribution >= 4 is 28.8 Å². The number of likely N-dealkylation sites (tertiary alicyclic amines) is 1. The van der Waals surface area contributed by atoms with Crippen molar-refractivity contribution in [2.45, 2.75) is 18.9 Å². The van der Waals surface area contributed by atoms with Crippen LogP contribution >= 0.6 is 11.3 Å². The lowest BCUT2D eigenvalue weighted by Crippen LogP contribution is -2.30. The minimum atomic E-state index is -0.336. The van der Waals surface area contributed by atoms with Crippen LogP contribution in [0, 0.1) is 0 Å². The second kappa shape index (κ2) is 7.17. The molecule has 1 N–H and O–H groups in total. The van der Waals surface area contributed by atoms with Crippen molar-refractivity contribution in [1.82, 2.24) is 4.90 Å². The molecule has 132 valence electrons. The minimum Gasteiger partial charge on any atom is -0.459 e. The maximum atomic E-state index is 13.0. The molecule has 2 amide bonds. The lowest BCUT2D eigenvalue weighted by atomic mass is 10.1. The van der Waals surface area contributed by atoms with Crippen molar-refractivity contribution in [2.24, 2.45) is 0 Å². The first-order valence-corrected chi connectivity index (χ1v) is 9.44. The van der Waals surface area contributed by atoms with Crippen LogP contribution in [0.15, 0.2) is 63.9 Å². The number of thiophene rings is 1. The average molecular weight is 366 g/mol. The number of benzene rings is 1. The Bertz CT molecular complexity index is 903. The van der Waals surface area contributed by atoms with Gasteiger partial charge < -0.3 is 14.6 Å². The fourth-order valence-corrected chi connectivity index (χ4v) is 4.02. The van der Waals surface area contributed by atoms with Gasteiger partial charge in [0.25, 0.3) is 11.8 Å². The quantitative estimate of drug-likeness (QED) is 0.736. The third-order valence-corrected chi connectivity index (χ3v) is 5.26. The third kappa shape index (κ3) is 3.28. The number of hydrogen-bond donors (Lipinski definition) is 1. The molecule has 3 aromatic rings. The van der Waals surface area contributed by atoms with Gasteiger partial charge in [-0.05, 0) is 65.6 Å². The van der Waals surface area contributed by atoms with Gasteiger partial charge in [0.05, 0.1) is 12.3 Å². The fraction of sp³-hybridized carbons (Fsp3) is 0.200. The van der Waals surface area contributed by atoms with Crippen LogP contribution in [-0.4, -0.2) is 23.3 Å². The van der Waals surface area contributed by atoms with Crippen molar-refractivity contribution in [2.75, 3.05) is 11.9 Å². The summed E-state index contributed by atoms with van der Waals surface area (Å²) in [4.78, 5) is 27.1. The number of furan rings is 1. The SMILES string of the molecule is O=C(Nc1cccc(C(=O)N2CCC[C@@H]2c2ccsc2)c1)c1ccco1. The molecule has 1 aromatic carbocycles. The summed E-state index contributed by atoms with van der Waals surface area (Å²) in [6.45, 7) is 0.752. The van der Waals surface area contributed by atoms with E-state index in [2.05, 4.69) is 16.8 Å². The highest BCUT2D eigenvalue weighted by molar-refractivity contribution is 7.08. The zero-order chi connectivity index (χ0) is 17.9. The number of nitrogens with one attached hydrogen (secondary N) is 1. The number of anilines is 1. The van der Waals surface area contributed by atoms with E-state index in [0.717, 1.165) is 19.4 Å². The number of carbonyl (C=O) groups excluding carboxylic acids is 2. The number of hydrogen-bond acceptors (Lipinski definition) is 4. The van der Waals surface area contributed by atoms with Gasteiger partial charge in [-0.1, -0.05) is 6.07 Å². The van der Waals surface area contributed by atoms with Gasteiger partial charge in [0.2, 0.25) is 0 Å². The number of amides is 2. The summed E-state index contributed by atoms with van der Waals surface area (Å²) in [5.41, 5.74) is 2.34. The predicted molar refractivity (Wildman–Crippen MR) is 100 cm³/mol. The molecule has 0 radical (unpaired) electrons. The summed E-state index contributed by atoms with van der Waals surface area (Å²) in [7, 11) is 0. The number of nitrogens with zero attached hydrogens (tertiary/aromatic N) is 1. The largest absolute Gasteiger partial charge is 0.459 e. The Kier molecular flexibility index (Phi) is 4.58. The second-order valence-corrected chi connectivity index (χ2v) is 7.01. The Balaban J connectivity index is 1.52. The van der Waals surface area contributed by atoms with Crippen molar-refractivity contribution in [3.05, 3.63) is 76.4 Å². The van der Waals surface area contributed by atoms with Gasteiger partial charge in [0.1, 0.15) is 0 Å². The molecule has 0 spiro atoms. The first kappa shape index (κ1) is 16.6. The van der Waals surface area contributed by atoms with Crippen LogP contribution in [-0.2, 0) is 0 Å². The van der Waals surface area contributed by atoms with Crippen LogP contribution in [0.5, 0.6) is 0 Å². The molecule has 1 saturated heterocycles. The van der Waals surface area contributed by atoms with Crippen molar-refractivity contribution < 1.29 is 14.0 Å². The summed E-state index contributed by atoms with van der Waals surface area (Å²) in [5, 5.41) is 6.92. The molecule has 0 unspecified atom stereocenters. The lowest BCUT2D eigenvalue weighted by Gasteiger charge is -2.24. The number of rotatable bonds is 4. The number of carbonyl (C=O) groups is 2. The molecule has 1 atom stereocenters. The van der Waals surface area contributed by atoms with E-state index in [-0.39, 0.29) is 23.6 Å². The second-order valence-electron chi connectivity index (χ2n) is 6.23. The van der Waals surface area contributed by atoms with Crippen LogP contribution in [0.1, 0.15) is 45.4 Å². The van der Waals surface area contributed by atoms with Gasteiger partial charge in [-0.2, -0.15) is 11.3 Å². The van der Waals surface area contributed by atoms with E-state index < -0.39 is 0 Å². The van der Waals surface area contributed by atoms with E-state index in [1.807, 2.05) is 10.3 Å².